The highest BCUT2D eigenvalue weighted by atomic mass is 16.5. The number of aromatic amines is 1. The lowest BCUT2D eigenvalue weighted by Crippen LogP contribution is -2.42. The van der Waals surface area contributed by atoms with Gasteiger partial charge in [0.1, 0.15) is 11.7 Å². The van der Waals surface area contributed by atoms with Crippen LogP contribution in [0.25, 0.3) is 0 Å². The molecular formula is C22H25N5O4. The van der Waals surface area contributed by atoms with E-state index in [-0.39, 0.29) is 23.0 Å². The lowest BCUT2D eigenvalue weighted by atomic mass is 9.78. The van der Waals surface area contributed by atoms with Gasteiger partial charge in [-0.2, -0.15) is 10.2 Å². The van der Waals surface area contributed by atoms with Crippen molar-refractivity contribution in [3.8, 4) is 17.6 Å². The molecule has 0 saturated carbocycles. The SMILES string of the molecule is COc1cccc(C2c3c(nc(N4CCCCC4C)[nH]c3=O)NC(=O)C2C#N)c1OC. The number of aromatic nitrogens is 2. The zero-order chi connectivity index (χ0) is 22.1. The Balaban J connectivity index is 1.90. The van der Waals surface area contributed by atoms with Gasteiger partial charge in [0.2, 0.25) is 11.9 Å². The van der Waals surface area contributed by atoms with E-state index in [0.29, 0.717) is 23.0 Å². The maximum atomic E-state index is 13.3. The molecule has 1 aromatic carbocycles. The van der Waals surface area contributed by atoms with E-state index in [1.165, 1.54) is 14.2 Å². The van der Waals surface area contributed by atoms with Crippen molar-refractivity contribution < 1.29 is 14.3 Å². The molecule has 1 fully saturated rings. The standard InChI is InChI=1S/C22H25N5O4/c1-12-7-4-5-10-27(12)22-25-19-17(21(29)26-22)16(14(11-23)20(28)24-19)13-8-6-9-15(30-2)18(13)31-3/h6,8-9,12,14,16H,4-5,7,10H2,1-3H3,(H2,24,25,26,28,29). The van der Waals surface area contributed by atoms with Crippen LogP contribution >= 0.6 is 0 Å². The van der Waals surface area contributed by atoms with Gasteiger partial charge in [-0.05, 0) is 32.3 Å². The number of carbonyl (C=O) groups excluding carboxylic acids is 1. The zero-order valence-electron chi connectivity index (χ0n) is 17.8. The Kier molecular flexibility index (Phi) is 5.55. The number of fused-ring (bicyclic) bond motifs is 1. The van der Waals surface area contributed by atoms with Gasteiger partial charge < -0.3 is 19.7 Å². The fraction of sp³-hybridized carbons (Fsp3) is 0.455. The van der Waals surface area contributed by atoms with Gasteiger partial charge in [-0.25, -0.2) is 0 Å². The van der Waals surface area contributed by atoms with E-state index in [0.717, 1.165) is 25.8 Å². The second-order valence-corrected chi connectivity index (χ2v) is 7.85. The smallest absolute Gasteiger partial charge is 0.258 e. The molecule has 2 aliphatic rings. The summed E-state index contributed by atoms with van der Waals surface area (Å²) < 4.78 is 10.9. The molecule has 2 N–H and O–H groups in total. The third kappa shape index (κ3) is 3.48. The maximum Gasteiger partial charge on any atom is 0.258 e. The third-order valence-electron chi connectivity index (χ3n) is 6.09. The second kappa shape index (κ2) is 8.30. The molecule has 2 aliphatic heterocycles. The molecule has 1 saturated heterocycles. The van der Waals surface area contributed by atoms with Crippen molar-refractivity contribution in [2.45, 2.75) is 38.1 Å². The van der Waals surface area contributed by atoms with Crippen molar-refractivity contribution in [2.24, 2.45) is 5.92 Å². The topological polar surface area (TPSA) is 120 Å². The van der Waals surface area contributed by atoms with Crippen molar-refractivity contribution in [3.63, 3.8) is 0 Å². The van der Waals surface area contributed by atoms with E-state index < -0.39 is 17.7 Å². The molecule has 0 bridgehead atoms. The Morgan fingerprint density at radius 1 is 1.23 bits per heavy atom. The number of benzene rings is 1. The number of methoxy groups -OCH3 is 2. The summed E-state index contributed by atoms with van der Waals surface area (Å²) in [5.41, 5.74) is 0.384. The minimum Gasteiger partial charge on any atom is -0.493 e. The quantitative estimate of drug-likeness (QED) is 0.775. The van der Waals surface area contributed by atoms with Crippen molar-refractivity contribution >= 4 is 17.7 Å². The van der Waals surface area contributed by atoms with Crippen LogP contribution in [-0.4, -0.2) is 42.7 Å². The highest BCUT2D eigenvalue weighted by molar-refractivity contribution is 5.98. The van der Waals surface area contributed by atoms with Gasteiger partial charge in [-0.3, -0.25) is 14.6 Å². The predicted molar refractivity (Wildman–Crippen MR) is 115 cm³/mol. The molecule has 1 amide bonds. The molecule has 4 rings (SSSR count). The first kappa shape index (κ1) is 20.7. The highest BCUT2D eigenvalue weighted by Gasteiger charge is 2.42. The highest BCUT2D eigenvalue weighted by Crippen LogP contribution is 2.44. The Hall–Kier alpha value is -3.54. The van der Waals surface area contributed by atoms with Gasteiger partial charge in [-0.1, -0.05) is 12.1 Å². The summed E-state index contributed by atoms with van der Waals surface area (Å²) in [6, 6.07) is 7.47. The number of para-hydroxylation sites is 1. The maximum absolute atomic E-state index is 13.3. The molecule has 9 heteroatoms. The monoisotopic (exact) mass is 423 g/mol. The molecular weight excluding hydrogens is 398 g/mol. The van der Waals surface area contributed by atoms with Crippen LogP contribution < -0.4 is 25.2 Å². The van der Waals surface area contributed by atoms with Crippen molar-refractivity contribution in [1.82, 2.24) is 9.97 Å². The summed E-state index contributed by atoms with van der Waals surface area (Å²) in [6.45, 7) is 2.87. The molecule has 9 nitrogen and oxygen atoms in total. The van der Waals surface area contributed by atoms with E-state index in [2.05, 4.69) is 27.1 Å². The number of hydrogen-bond acceptors (Lipinski definition) is 7. The van der Waals surface area contributed by atoms with Crippen molar-refractivity contribution in [2.75, 3.05) is 31.0 Å². The number of hydrogen-bond donors (Lipinski definition) is 2. The first-order chi connectivity index (χ1) is 15.0. The Bertz CT molecular complexity index is 1110. The number of ether oxygens (including phenoxy) is 2. The van der Waals surface area contributed by atoms with Gasteiger partial charge >= 0.3 is 0 Å². The molecule has 2 aromatic rings. The number of rotatable bonds is 4. The van der Waals surface area contributed by atoms with Crippen LogP contribution in [0.15, 0.2) is 23.0 Å². The van der Waals surface area contributed by atoms with Crippen molar-refractivity contribution in [3.05, 3.63) is 39.7 Å². The predicted octanol–water partition coefficient (Wildman–Crippen LogP) is 2.39. The first-order valence-electron chi connectivity index (χ1n) is 10.3. The molecule has 3 heterocycles. The second-order valence-electron chi connectivity index (χ2n) is 7.85. The van der Waals surface area contributed by atoms with Gasteiger partial charge in [0.25, 0.3) is 5.56 Å². The van der Waals surface area contributed by atoms with E-state index in [9.17, 15) is 14.9 Å². The first-order valence-corrected chi connectivity index (χ1v) is 10.3. The molecule has 0 spiro atoms. The van der Waals surface area contributed by atoms with E-state index in [4.69, 9.17) is 9.47 Å². The van der Waals surface area contributed by atoms with Crippen LogP contribution in [0.4, 0.5) is 11.8 Å². The molecule has 162 valence electrons. The van der Waals surface area contributed by atoms with Crippen LogP contribution in [-0.2, 0) is 4.79 Å². The number of nitriles is 1. The van der Waals surface area contributed by atoms with E-state index in [1.54, 1.807) is 18.2 Å². The van der Waals surface area contributed by atoms with Crippen molar-refractivity contribution in [1.29, 1.82) is 5.26 Å². The number of H-pyrrole nitrogens is 1. The molecule has 3 atom stereocenters. The fourth-order valence-corrected chi connectivity index (χ4v) is 4.54. The van der Waals surface area contributed by atoms with Crippen LogP contribution in [0.5, 0.6) is 11.5 Å². The Morgan fingerprint density at radius 3 is 2.71 bits per heavy atom. The van der Waals surface area contributed by atoms with Gasteiger partial charge in [0, 0.05) is 24.1 Å². The fourth-order valence-electron chi connectivity index (χ4n) is 4.54. The number of nitrogens with one attached hydrogen (secondary N) is 2. The normalized spacial score (nSPS) is 22.8. The summed E-state index contributed by atoms with van der Waals surface area (Å²) in [4.78, 5) is 35.6. The Morgan fingerprint density at radius 2 is 2.03 bits per heavy atom. The summed E-state index contributed by atoms with van der Waals surface area (Å²) in [6.07, 6.45) is 3.15. The molecule has 0 radical (unpaired) electrons. The largest absolute Gasteiger partial charge is 0.493 e. The Labute approximate surface area is 180 Å². The number of carbonyl (C=O) groups is 1. The average molecular weight is 423 g/mol. The summed E-state index contributed by atoms with van der Waals surface area (Å²) >= 11 is 0. The van der Waals surface area contributed by atoms with Crippen LogP contribution in [0.2, 0.25) is 0 Å². The van der Waals surface area contributed by atoms with E-state index in [1.807, 2.05) is 6.07 Å². The van der Waals surface area contributed by atoms with Gasteiger partial charge in [0.05, 0.1) is 25.9 Å². The summed E-state index contributed by atoms with van der Waals surface area (Å²) in [7, 11) is 2.99. The lowest BCUT2D eigenvalue weighted by Gasteiger charge is -2.35. The average Bonchev–Trinajstić information content (AvgIpc) is 2.77. The van der Waals surface area contributed by atoms with Gasteiger partial charge in [-0.15, -0.1) is 0 Å². The minimum absolute atomic E-state index is 0.183. The molecule has 1 aromatic heterocycles. The lowest BCUT2D eigenvalue weighted by molar-refractivity contribution is -0.119. The molecule has 31 heavy (non-hydrogen) atoms. The zero-order valence-corrected chi connectivity index (χ0v) is 17.8. The molecule has 0 aliphatic carbocycles. The minimum atomic E-state index is -1.11. The number of anilines is 2. The van der Waals surface area contributed by atoms with Gasteiger partial charge in [0.15, 0.2) is 11.5 Å². The summed E-state index contributed by atoms with van der Waals surface area (Å²) in [5, 5.41) is 12.4. The summed E-state index contributed by atoms with van der Waals surface area (Å²) in [5.74, 6) is -1.01. The number of nitrogens with zero attached hydrogens (tertiary/aromatic N) is 3. The van der Waals surface area contributed by atoms with Crippen LogP contribution in [0, 0.1) is 17.2 Å². The third-order valence-corrected chi connectivity index (χ3v) is 6.09. The molecule has 3 unspecified atom stereocenters. The van der Waals surface area contributed by atoms with Crippen LogP contribution in [0.3, 0.4) is 0 Å². The number of piperidine rings is 1. The van der Waals surface area contributed by atoms with E-state index >= 15 is 0 Å². The van der Waals surface area contributed by atoms with Crippen LogP contribution in [0.1, 0.15) is 43.2 Å². The number of amides is 1.